The lowest BCUT2D eigenvalue weighted by molar-refractivity contribution is -0.386. The maximum absolute atomic E-state index is 11.9. The summed E-state index contributed by atoms with van der Waals surface area (Å²) in [6.45, 7) is 6.59. The molecule has 1 heterocycles. The van der Waals surface area contributed by atoms with Gasteiger partial charge in [0.15, 0.2) is 0 Å². The van der Waals surface area contributed by atoms with E-state index in [0.29, 0.717) is 5.69 Å². The van der Waals surface area contributed by atoms with Gasteiger partial charge in [-0.05, 0) is 19.8 Å². The van der Waals surface area contributed by atoms with Crippen LogP contribution in [0.1, 0.15) is 25.2 Å². The molecule has 1 atom stereocenters. The van der Waals surface area contributed by atoms with E-state index in [-0.39, 0.29) is 42.4 Å². The van der Waals surface area contributed by atoms with Crippen LogP contribution in [-0.2, 0) is 11.3 Å². The minimum Gasteiger partial charge on any atom is -0.394 e. The summed E-state index contributed by atoms with van der Waals surface area (Å²) in [5.74, 6) is -0.239. The van der Waals surface area contributed by atoms with Gasteiger partial charge in [0.25, 0.3) is 0 Å². The maximum atomic E-state index is 11.9. The van der Waals surface area contributed by atoms with E-state index in [9.17, 15) is 14.9 Å². The van der Waals surface area contributed by atoms with E-state index in [1.807, 2.05) is 13.8 Å². The quantitative estimate of drug-likeness (QED) is 0.585. The number of aromatic nitrogens is 2. The zero-order valence-electron chi connectivity index (χ0n) is 12.1. The van der Waals surface area contributed by atoms with Crippen LogP contribution in [0.15, 0.2) is 0 Å². The first-order chi connectivity index (χ1) is 9.27. The van der Waals surface area contributed by atoms with Gasteiger partial charge in [-0.3, -0.25) is 19.6 Å². The van der Waals surface area contributed by atoms with Crippen LogP contribution in [0.5, 0.6) is 0 Å². The number of hydrogen-bond donors (Lipinski definition) is 2. The molecule has 1 aromatic heterocycles. The molecule has 8 nitrogen and oxygen atoms in total. The highest BCUT2D eigenvalue weighted by molar-refractivity contribution is 5.76. The van der Waals surface area contributed by atoms with Gasteiger partial charge in [-0.25, -0.2) is 0 Å². The highest BCUT2D eigenvalue weighted by atomic mass is 16.6. The molecule has 8 heteroatoms. The molecule has 1 aromatic rings. The van der Waals surface area contributed by atoms with Gasteiger partial charge in [-0.1, -0.05) is 13.8 Å². The highest BCUT2D eigenvalue weighted by Gasteiger charge is 2.23. The molecule has 0 aliphatic rings. The molecule has 0 radical (unpaired) electrons. The molecule has 0 bridgehead atoms. The number of hydrogen-bond acceptors (Lipinski definition) is 5. The molecule has 0 aliphatic heterocycles. The molecule has 0 spiro atoms. The Kier molecular flexibility index (Phi) is 5.20. The van der Waals surface area contributed by atoms with Gasteiger partial charge < -0.3 is 10.4 Å². The molecular weight excluding hydrogens is 264 g/mol. The minimum atomic E-state index is -0.503. The third-order valence-electron chi connectivity index (χ3n) is 3.17. The smallest absolute Gasteiger partial charge is 0.312 e. The van der Waals surface area contributed by atoms with Crippen LogP contribution in [0.2, 0.25) is 0 Å². The number of nitrogens with zero attached hydrogens (tertiary/aromatic N) is 3. The molecular formula is C12H20N4O4. The Balaban J connectivity index is 2.82. The van der Waals surface area contributed by atoms with Crippen molar-refractivity contribution >= 4 is 11.6 Å². The Morgan fingerprint density at radius 2 is 2.10 bits per heavy atom. The van der Waals surface area contributed by atoms with Gasteiger partial charge in [0, 0.05) is 0 Å². The summed E-state index contributed by atoms with van der Waals surface area (Å²) in [6.07, 6.45) is 0. The van der Waals surface area contributed by atoms with Crippen molar-refractivity contribution in [3.63, 3.8) is 0 Å². The van der Waals surface area contributed by atoms with E-state index < -0.39 is 4.92 Å². The van der Waals surface area contributed by atoms with E-state index >= 15 is 0 Å². The second kappa shape index (κ2) is 6.47. The van der Waals surface area contributed by atoms with Crippen LogP contribution in [0.25, 0.3) is 0 Å². The minimum absolute atomic E-state index is 0.0691. The summed E-state index contributed by atoms with van der Waals surface area (Å²) in [7, 11) is 0. The second-order valence-electron chi connectivity index (χ2n) is 5.03. The fourth-order valence-electron chi connectivity index (χ4n) is 1.92. The molecule has 0 unspecified atom stereocenters. The van der Waals surface area contributed by atoms with E-state index in [0.717, 1.165) is 0 Å². The molecule has 20 heavy (non-hydrogen) atoms. The standard InChI is InChI=1S/C12H20N4O4/c1-7(2)10(6-17)13-11(18)5-15-9(4)12(16(19)20)8(3)14-15/h7,10,17H,5-6H2,1-4H3,(H,13,18)/t10-/m1/s1. The molecule has 0 fully saturated rings. The zero-order valence-corrected chi connectivity index (χ0v) is 12.1. The lowest BCUT2D eigenvalue weighted by Crippen LogP contribution is -2.42. The largest absolute Gasteiger partial charge is 0.394 e. The number of nitro groups is 1. The molecule has 0 saturated carbocycles. The number of aliphatic hydroxyl groups excluding tert-OH is 1. The average molecular weight is 284 g/mol. The van der Waals surface area contributed by atoms with Crippen molar-refractivity contribution in [1.29, 1.82) is 0 Å². The maximum Gasteiger partial charge on any atom is 0.312 e. The molecule has 1 rings (SSSR count). The monoisotopic (exact) mass is 284 g/mol. The van der Waals surface area contributed by atoms with Gasteiger partial charge in [0.1, 0.15) is 17.9 Å². The summed E-state index contributed by atoms with van der Waals surface area (Å²) >= 11 is 0. The van der Waals surface area contributed by atoms with E-state index in [4.69, 9.17) is 5.11 Å². The number of amides is 1. The summed E-state index contributed by atoms with van der Waals surface area (Å²) in [5.41, 5.74) is 0.552. The number of carbonyl (C=O) groups is 1. The van der Waals surface area contributed by atoms with Gasteiger partial charge >= 0.3 is 5.69 Å². The first-order valence-electron chi connectivity index (χ1n) is 6.36. The van der Waals surface area contributed by atoms with Gasteiger partial charge in [-0.15, -0.1) is 0 Å². The fourth-order valence-corrected chi connectivity index (χ4v) is 1.92. The van der Waals surface area contributed by atoms with Crippen LogP contribution in [0.3, 0.4) is 0 Å². The molecule has 112 valence electrons. The molecule has 2 N–H and O–H groups in total. The number of carbonyl (C=O) groups excluding carboxylic acids is 1. The zero-order chi connectivity index (χ0) is 15.4. The topological polar surface area (TPSA) is 110 Å². The Morgan fingerprint density at radius 3 is 2.50 bits per heavy atom. The number of nitrogens with one attached hydrogen (secondary N) is 1. The Bertz CT molecular complexity index is 510. The Hall–Kier alpha value is -1.96. The van der Waals surface area contributed by atoms with Gasteiger partial charge in [0.2, 0.25) is 5.91 Å². The molecule has 0 aromatic carbocycles. The van der Waals surface area contributed by atoms with Crippen molar-refractivity contribution in [1.82, 2.24) is 15.1 Å². The third-order valence-corrected chi connectivity index (χ3v) is 3.17. The summed E-state index contributed by atoms with van der Waals surface area (Å²) < 4.78 is 1.30. The summed E-state index contributed by atoms with van der Waals surface area (Å²) in [4.78, 5) is 22.2. The third kappa shape index (κ3) is 3.53. The molecule has 0 saturated heterocycles. The summed E-state index contributed by atoms with van der Waals surface area (Å²) in [6, 6.07) is -0.338. The number of aryl methyl sites for hydroxylation is 1. The highest BCUT2D eigenvalue weighted by Crippen LogP contribution is 2.21. The average Bonchev–Trinajstić information content (AvgIpc) is 2.60. The lowest BCUT2D eigenvalue weighted by Gasteiger charge is -2.19. The van der Waals surface area contributed by atoms with E-state index in [1.54, 1.807) is 6.92 Å². The van der Waals surface area contributed by atoms with Crippen LogP contribution in [0.4, 0.5) is 5.69 Å². The Morgan fingerprint density at radius 1 is 1.50 bits per heavy atom. The van der Waals surface area contributed by atoms with Crippen LogP contribution in [-0.4, -0.2) is 38.4 Å². The normalized spacial score (nSPS) is 12.5. The van der Waals surface area contributed by atoms with Crippen LogP contribution in [0, 0.1) is 29.9 Å². The summed E-state index contributed by atoms with van der Waals surface area (Å²) in [5, 5.41) is 26.7. The Labute approximate surface area is 116 Å². The van der Waals surface area contributed by atoms with Crippen molar-refractivity contribution in [2.45, 2.75) is 40.3 Å². The second-order valence-corrected chi connectivity index (χ2v) is 5.03. The first-order valence-corrected chi connectivity index (χ1v) is 6.36. The van der Waals surface area contributed by atoms with Crippen molar-refractivity contribution < 1.29 is 14.8 Å². The fraction of sp³-hybridized carbons (Fsp3) is 0.667. The van der Waals surface area contributed by atoms with Crippen molar-refractivity contribution in [3.05, 3.63) is 21.5 Å². The predicted molar refractivity (Wildman–Crippen MR) is 72.2 cm³/mol. The lowest BCUT2D eigenvalue weighted by atomic mass is 10.1. The molecule has 0 aliphatic carbocycles. The van der Waals surface area contributed by atoms with Gasteiger partial charge in [0.05, 0.1) is 17.6 Å². The predicted octanol–water partition coefficient (Wildman–Crippen LogP) is 0.541. The first kappa shape index (κ1) is 16.1. The van der Waals surface area contributed by atoms with Crippen molar-refractivity contribution in [3.8, 4) is 0 Å². The van der Waals surface area contributed by atoms with Crippen LogP contribution >= 0.6 is 0 Å². The van der Waals surface area contributed by atoms with Crippen molar-refractivity contribution in [2.24, 2.45) is 5.92 Å². The van der Waals surface area contributed by atoms with Gasteiger partial charge in [-0.2, -0.15) is 5.10 Å². The van der Waals surface area contributed by atoms with E-state index in [1.165, 1.54) is 11.6 Å². The van der Waals surface area contributed by atoms with Crippen LogP contribution < -0.4 is 5.32 Å². The van der Waals surface area contributed by atoms with E-state index in [2.05, 4.69) is 10.4 Å². The van der Waals surface area contributed by atoms with Crippen molar-refractivity contribution in [2.75, 3.05) is 6.61 Å². The number of aliphatic hydroxyl groups is 1. The number of rotatable bonds is 6. The SMILES string of the molecule is Cc1nn(CC(=O)N[C@H](CO)C(C)C)c(C)c1[N+](=O)[O-]. The molecule has 1 amide bonds.